The molecule has 122 valence electrons. The van der Waals surface area contributed by atoms with Gasteiger partial charge in [-0.2, -0.15) is 0 Å². The number of ether oxygens (including phenoxy) is 1. The molecular weight excluding hydrogens is 315 g/mol. The predicted octanol–water partition coefficient (Wildman–Crippen LogP) is 4.17. The number of nitrogens with zero attached hydrogens (tertiary/aromatic N) is 1. The van der Waals surface area contributed by atoms with Crippen LogP contribution >= 0.6 is 11.6 Å². The van der Waals surface area contributed by atoms with E-state index in [1.54, 1.807) is 18.5 Å². The van der Waals surface area contributed by atoms with E-state index in [4.69, 9.17) is 16.3 Å². The fourth-order valence-corrected chi connectivity index (χ4v) is 3.21. The van der Waals surface area contributed by atoms with Gasteiger partial charge >= 0.3 is 0 Å². The van der Waals surface area contributed by atoms with Gasteiger partial charge in [0.15, 0.2) is 0 Å². The second-order valence-electron chi connectivity index (χ2n) is 5.83. The number of pyridine rings is 1. The Hall–Kier alpha value is -1.65. The fraction of sp³-hybridized carbons (Fsp3) is 0.389. The van der Waals surface area contributed by atoms with Crippen molar-refractivity contribution < 1.29 is 9.13 Å². The van der Waals surface area contributed by atoms with Crippen molar-refractivity contribution in [2.45, 2.75) is 25.9 Å². The maximum absolute atomic E-state index is 13.5. The third-order valence-electron chi connectivity index (χ3n) is 4.24. The number of nitrogens with one attached hydrogen (secondary N) is 1. The topological polar surface area (TPSA) is 34.1 Å². The second kappa shape index (κ2) is 7.28. The Morgan fingerprint density at radius 2 is 2.26 bits per heavy atom. The third-order valence-corrected chi connectivity index (χ3v) is 4.45. The molecule has 2 atom stereocenters. The van der Waals surface area contributed by atoms with E-state index in [0.29, 0.717) is 10.9 Å². The maximum Gasteiger partial charge on any atom is 0.129 e. The van der Waals surface area contributed by atoms with Gasteiger partial charge in [0.25, 0.3) is 0 Å². The molecule has 1 saturated heterocycles. The molecule has 3 nitrogen and oxygen atoms in total. The first-order chi connectivity index (χ1) is 11.2. The van der Waals surface area contributed by atoms with Crippen LogP contribution in [0.3, 0.4) is 0 Å². The van der Waals surface area contributed by atoms with E-state index < -0.39 is 0 Å². The van der Waals surface area contributed by atoms with Gasteiger partial charge in [-0.05, 0) is 49.2 Å². The van der Waals surface area contributed by atoms with E-state index in [1.165, 1.54) is 12.1 Å². The van der Waals surface area contributed by atoms with Crippen molar-refractivity contribution in [1.29, 1.82) is 0 Å². The largest absolute Gasteiger partial charge is 0.485 e. The molecule has 0 bridgehead atoms. The minimum Gasteiger partial charge on any atom is -0.485 e. The van der Waals surface area contributed by atoms with Crippen LogP contribution in [0.2, 0.25) is 5.02 Å². The van der Waals surface area contributed by atoms with Gasteiger partial charge in [-0.15, -0.1) is 0 Å². The summed E-state index contributed by atoms with van der Waals surface area (Å²) < 4.78 is 19.8. The highest BCUT2D eigenvalue weighted by molar-refractivity contribution is 6.30. The standard InChI is InChI=1S/C18H20ClFN2O/c1-2-12-8-16(20)3-4-17(12)23-18(13-5-6-21-9-13)14-7-15(19)11-22-10-14/h3-4,7-8,10-11,13,18,21H,2,5-6,9H2,1H3/t13-,18+/m1/s1. The molecule has 1 aliphatic heterocycles. The summed E-state index contributed by atoms with van der Waals surface area (Å²) in [4.78, 5) is 4.18. The Kier molecular flexibility index (Phi) is 5.13. The lowest BCUT2D eigenvalue weighted by Crippen LogP contribution is -2.22. The number of rotatable bonds is 5. The Morgan fingerprint density at radius 3 is 2.96 bits per heavy atom. The number of hydrogen-bond acceptors (Lipinski definition) is 3. The molecule has 2 aromatic rings. The van der Waals surface area contributed by atoms with Crippen molar-refractivity contribution in [3.05, 3.63) is 58.6 Å². The van der Waals surface area contributed by atoms with Crippen molar-refractivity contribution in [3.63, 3.8) is 0 Å². The summed E-state index contributed by atoms with van der Waals surface area (Å²) in [6.07, 6.45) is 5.01. The minimum atomic E-state index is -0.238. The smallest absolute Gasteiger partial charge is 0.129 e. The summed E-state index contributed by atoms with van der Waals surface area (Å²) in [6, 6.07) is 6.58. The Balaban J connectivity index is 1.93. The molecule has 0 spiro atoms. The Bertz CT molecular complexity index is 674. The first-order valence-corrected chi connectivity index (χ1v) is 8.31. The van der Waals surface area contributed by atoms with Gasteiger partial charge < -0.3 is 10.1 Å². The van der Waals surface area contributed by atoms with Crippen molar-refractivity contribution >= 4 is 11.6 Å². The lowest BCUT2D eigenvalue weighted by atomic mass is 9.95. The lowest BCUT2D eigenvalue weighted by molar-refractivity contribution is 0.142. The average Bonchev–Trinajstić information content (AvgIpc) is 3.07. The molecule has 1 aliphatic rings. The quantitative estimate of drug-likeness (QED) is 0.891. The minimum absolute atomic E-state index is 0.146. The van der Waals surface area contributed by atoms with Crippen LogP contribution in [-0.2, 0) is 6.42 Å². The SMILES string of the molecule is CCc1cc(F)ccc1O[C@H](c1cncc(Cl)c1)[C@@H]1CCNC1. The van der Waals surface area contributed by atoms with Crippen LogP contribution < -0.4 is 10.1 Å². The molecule has 0 radical (unpaired) electrons. The highest BCUT2D eigenvalue weighted by Gasteiger charge is 2.29. The van der Waals surface area contributed by atoms with Crippen LogP contribution in [0.15, 0.2) is 36.7 Å². The molecule has 1 aromatic heterocycles. The molecule has 0 aliphatic carbocycles. The number of halogens is 2. The molecule has 1 N–H and O–H groups in total. The number of aromatic nitrogens is 1. The molecule has 2 heterocycles. The average molecular weight is 335 g/mol. The van der Waals surface area contributed by atoms with Gasteiger partial charge in [0.05, 0.1) is 5.02 Å². The lowest BCUT2D eigenvalue weighted by Gasteiger charge is -2.26. The van der Waals surface area contributed by atoms with Gasteiger partial charge in [-0.3, -0.25) is 4.98 Å². The van der Waals surface area contributed by atoms with Gasteiger partial charge in [0.2, 0.25) is 0 Å². The highest BCUT2D eigenvalue weighted by atomic mass is 35.5. The van der Waals surface area contributed by atoms with E-state index in [9.17, 15) is 4.39 Å². The first-order valence-electron chi connectivity index (χ1n) is 7.93. The van der Waals surface area contributed by atoms with Gasteiger partial charge in [-0.25, -0.2) is 4.39 Å². The summed E-state index contributed by atoms with van der Waals surface area (Å²) in [5.41, 5.74) is 1.83. The summed E-state index contributed by atoms with van der Waals surface area (Å²) >= 11 is 6.09. The Labute approximate surface area is 140 Å². The zero-order chi connectivity index (χ0) is 16.2. The van der Waals surface area contributed by atoms with Gasteiger partial charge in [0, 0.05) is 30.4 Å². The molecule has 1 aromatic carbocycles. The molecular formula is C18H20ClFN2O. The van der Waals surface area contributed by atoms with E-state index in [0.717, 1.165) is 42.8 Å². The summed E-state index contributed by atoms with van der Waals surface area (Å²) in [6.45, 7) is 3.86. The van der Waals surface area contributed by atoms with Crippen LogP contribution in [0, 0.1) is 11.7 Å². The number of hydrogen-bond donors (Lipinski definition) is 1. The molecule has 1 fully saturated rings. The predicted molar refractivity (Wildman–Crippen MR) is 89.4 cm³/mol. The van der Waals surface area contributed by atoms with E-state index in [2.05, 4.69) is 10.3 Å². The van der Waals surface area contributed by atoms with Crippen LogP contribution in [0.4, 0.5) is 4.39 Å². The van der Waals surface area contributed by atoms with Gasteiger partial charge in [0.1, 0.15) is 17.7 Å². The van der Waals surface area contributed by atoms with Gasteiger partial charge in [-0.1, -0.05) is 18.5 Å². The van der Waals surface area contributed by atoms with E-state index in [1.807, 2.05) is 13.0 Å². The molecule has 3 rings (SSSR count). The number of benzene rings is 1. The normalized spacial score (nSPS) is 18.8. The molecule has 0 unspecified atom stereocenters. The third kappa shape index (κ3) is 3.82. The summed E-state index contributed by atoms with van der Waals surface area (Å²) in [7, 11) is 0. The number of aryl methyl sites for hydroxylation is 1. The van der Waals surface area contributed by atoms with Crippen molar-refractivity contribution in [2.24, 2.45) is 5.92 Å². The Morgan fingerprint density at radius 1 is 1.39 bits per heavy atom. The second-order valence-corrected chi connectivity index (χ2v) is 6.27. The van der Waals surface area contributed by atoms with Crippen molar-refractivity contribution in [3.8, 4) is 5.75 Å². The van der Waals surface area contributed by atoms with E-state index >= 15 is 0 Å². The van der Waals surface area contributed by atoms with Crippen LogP contribution in [0.25, 0.3) is 0 Å². The molecule has 0 saturated carbocycles. The van der Waals surface area contributed by atoms with Crippen molar-refractivity contribution in [2.75, 3.05) is 13.1 Å². The maximum atomic E-state index is 13.5. The zero-order valence-corrected chi connectivity index (χ0v) is 13.8. The highest BCUT2D eigenvalue weighted by Crippen LogP contribution is 2.34. The van der Waals surface area contributed by atoms with Crippen LogP contribution in [0.5, 0.6) is 5.75 Å². The molecule has 5 heteroatoms. The summed E-state index contributed by atoms with van der Waals surface area (Å²) in [5, 5.41) is 3.96. The monoisotopic (exact) mass is 334 g/mol. The van der Waals surface area contributed by atoms with Crippen LogP contribution in [-0.4, -0.2) is 18.1 Å². The first kappa shape index (κ1) is 16.2. The summed E-state index contributed by atoms with van der Waals surface area (Å²) in [5.74, 6) is 0.827. The fourth-order valence-electron chi connectivity index (χ4n) is 3.03. The zero-order valence-electron chi connectivity index (χ0n) is 13.1. The van der Waals surface area contributed by atoms with E-state index in [-0.39, 0.29) is 11.9 Å². The molecule has 23 heavy (non-hydrogen) atoms. The molecule has 0 amide bonds. The van der Waals surface area contributed by atoms with Crippen molar-refractivity contribution in [1.82, 2.24) is 10.3 Å². The van der Waals surface area contributed by atoms with Crippen LogP contribution in [0.1, 0.15) is 30.6 Å².